The van der Waals surface area contributed by atoms with Crippen LogP contribution in [-0.4, -0.2) is 30.2 Å². The van der Waals surface area contributed by atoms with Gasteiger partial charge in [0.1, 0.15) is 12.1 Å². The zero-order valence-corrected chi connectivity index (χ0v) is 7.85. The lowest BCUT2D eigenvalue weighted by atomic mass is 10.4. The third kappa shape index (κ3) is 4.53. The Kier molecular flexibility index (Phi) is 4.74. The fraction of sp³-hybridized carbons (Fsp3) is 0.571. The van der Waals surface area contributed by atoms with Crippen LogP contribution in [0.2, 0.25) is 0 Å². The normalized spacial score (nSPS) is 14.0. The molecule has 0 aliphatic heterocycles. The molecule has 0 amide bonds. The number of carbonyl (C=O) groups is 3. The van der Waals surface area contributed by atoms with Crippen molar-refractivity contribution in [2.75, 3.05) is 0 Å². The van der Waals surface area contributed by atoms with Gasteiger partial charge in [-0.15, -0.1) is 0 Å². The summed E-state index contributed by atoms with van der Waals surface area (Å²) < 4.78 is 8.06. The van der Waals surface area contributed by atoms with Crippen LogP contribution in [0.25, 0.3) is 0 Å². The monoisotopic (exact) mass is 204 g/mol. The maximum atomic E-state index is 10.7. The van der Waals surface area contributed by atoms with Gasteiger partial charge in [0.2, 0.25) is 0 Å². The van der Waals surface area contributed by atoms with Gasteiger partial charge in [-0.25, -0.2) is 14.4 Å². The maximum absolute atomic E-state index is 10.7. The van der Waals surface area contributed by atoms with Crippen LogP contribution in [0.15, 0.2) is 0 Å². The summed E-state index contributed by atoms with van der Waals surface area (Å²) in [7, 11) is 0. The summed E-state index contributed by atoms with van der Waals surface area (Å²) in [6.07, 6.45) is -1.42. The topological polar surface area (TPSA) is 122 Å². The van der Waals surface area contributed by atoms with E-state index in [4.69, 9.17) is 11.5 Å². The van der Waals surface area contributed by atoms with Crippen LogP contribution in [0.1, 0.15) is 13.8 Å². The van der Waals surface area contributed by atoms with Crippen LogP contribution < -0.4 is 11.5 Å². The van der Waals surface area contributed by atoms with Gasteiger partial charge in [0, 0.05) is 0 Å². The Bertz CT molecular complexity index is 224. The van der Waals surface area contributed by atoms with E-state index in [2.05, 4.69) is 9.47 Å². The van der Waals surface area contributed by atoms with Crippen molar-refractivity contribution in [2.45, 2.75) is 25.9 Å². The molecule has 0 bridgehead atoms. The molecule has 0 aromatic heterocycles. The first-order valence-electron chi connectivity index (χ1n) is 3.83. The first-order chi connectivity index (χ1) is 6.34. The highest BCUT2D eigenvalue weighted by Gasteiger charge is 2.20. The highest BCUT2D eigenvalue weighted by atomic mass is 16.8. The summed E-state index contributed by atoms with van der Waals surface area (Å²) in [4.78, 5) is 32.1. The SMILES string of the molecule is C[C@H](N)C(=O)OC(=O)OC(=O)[C@H](C)N. The van der Waals surface area contributed by atoms with Crippen molar-refractivity contribution < 1.29 is 23.9 Å². The van der Waals surface area contributed by atoms with E-state index in [9.17, 15) is 14.4 Å². The molecule has 0 rings (SSSR count). The van der Waals surface area contributed by atoms with Gasteiger partial charge >= 0.3 is 18.1 Å². The smallest absolute Gasteiger partial charge is 0.359 e. The van der Waals surface area contributed by atoms with E-state index >= 15 is 0 Å². The Balaban J connectivity index is 4.00. The zero-order valence-electron chi connectivity index (χ0n) is 7.85. The van der Waals surface area contributed by atoms with Crippen molar-refractivity contribution in [1.29, 1.82) is 0 Å². The largest absolute Gasteiger partial charge is 0.524 e. The molecule has 0 heterocycles. The van der Waals surface area contributed by atoms with Gasteiger partial charge in [-0.2, -0.15) is 0 Å². The van der Waals surface area contributed by atoms with Crippen LogP contribution >= 0.6 is 0 Å². The molecule has 0 unspecified atom stereocenters. The van der Waals surface area contributed by atoms with E-state index in [0.717, 1.165) is 0 Å². The molecule has 0 spiro atoms. The lowest BCUT2D eigenvalue weighted by Gasteiger charge is -2.06. The van der Waals surface area contributed by atoms with Crippen molar-refractivity contribution in [3.05, 3.63) is 0 Å². The van der Waals surface area contributed by atoms with E-state index in [1.807, 2.05) is 0 Å². The molecule has 0 aromatic rings. The minimum absolute atomic E-state index is 0.965. The number of hydrogen-bond acceptors (Lipinski definition) is 7. The Morgan fingerprint density at radius 3 is 1.43 bits per heavy atom. The Morgan fingerprint density at radius 1 is 0.929 bits per heavy atom. The molecular weight excluding hydrogens is 192 g/mol. The molecule has 2 atom stereocenters. The maximum Gasteiger partial charge on any atom is 0.524 e. The third-order valence-electron chi connectivity index (χ3n) is 1.11. The summed E-state index contributed by atoms with van der Waals surface area (Å²) in [5.74, 6) is -1.96. The number of esters is 2. The molecule has 4 N–H and O–H groups in total. The second-order valence-electron chi connectivity index (χ2n) is 2.67. The second kappa shape index (κ2) is 5.30. The average Bonchev–Trinajstić information content (AvgIpc) is 2.03. The summed E-state index contributed by atoms with van der Waals surface area (Å²) in [5.41, 5.74) is 10.2. The molecule has 0 aliphatic carbocycles. The van der Waals surface area contributed by atoms with Crippen molar-refractivity contribution >= 4 is 18.1 Å². The number of ether oxygens (including phenoxy) is 2. The summed E-state index contributed by atoms with van der Waals surface area (Å²) in [6, 6.07) is -1.93. The molecule has 0 saturated carbocycles. The molecular formula is C7H12N2O5. The van der Waals surface area contributed by atoms with E-state index in [1.165, 1.54) is 13.8 Å². The minimum Gasteiger partial charge on any atom is -0.359 e. The number of carbonyl (C=O) groups excluding carboxylic acids is 3. The molecule has 14 heavy (non-hydrogen) atoms. The Hall–Kier alpha value is -1.47. The molecule has 0 aromatic carbocycles. The molecule has 7 nitrogen and oxygen atoms in total. The van der Waals surface area contributed by atoms with Gasteiger partial charge in [-0.05, 0) is 13.8 Å². The van der Waals surface area contributed by atoms with Crippen LogP contribution in [0.5, 0.6) is 0 Å². The predicted octanol–water partition coefficient (Wildman–Crippen LogP) is -1.11. The van der Waals surface area contributed by atoms with Crippen LogP contribution in [0.3, 0.4) is 0 Å². The number of nitrogens with two attached hydrogens (primary N) is 2. The second-order valence-corrected chi connectivity index (χ2v) is 2.67. The third-order valence-corrected chi connectivity index (χ3v) is 1.11. The average molecular weight is 204 g/mol. The summed E-state index contributed by atoms with van der Waals surface area (Å²) in [6.45, 7) is 2.64. The van der Waals surface area contributed by atoms with Gasteiger partial charge in [0.15, 0.2) is 0 Å². The molecule has 0 saturated heterocycles. The lowest BCUT2D eigenvalue weighted by molar-refractivity contribution is -0.147. The van der Waals surface area contributed by atoms with Crippen LogP contribution in [0.4, 0.5) is 4.79 Å². The fourth-order valence-corrected chi connectivity index (χ4v) is 0.371. The lowest BCUT2D eigenvalue weighted by Crippen LogP contribution is -2.34. The van der Waals surface area contributed by atoms with E-state index in [0.29, 0.717) is 0 Å². The van der Waals surface area contributed by atoms with Crippen LogP contribution in [-0.2, 0) is 19.1 Å². The standard InChI is InChI=1S/C7H12N2O5/c1-3(8)5(10)13-7(12)14-6(11)4(2)9/h3-4H,8-9H2,1-2H3/t3-,4-/m0/s1. The highest BCUT2D eigenvalue weighted by Crippen LogP contribution is 1.92. The first-order valence-corrected chi connectivity index (χ1v) is 3.83. The van der Waals surface area contributed by atoms with Crippen molar-refractivity contribution in [3.63, 3.8) is 0 Å². The highest BCUT2D eigenvalue weighted by molar-refractivity contribution is 5.91. The van der Waals surface area contributed by atoms with Gasteiger partial charge in [-0.3, -0.25) is 0 Å². The molecule has 0 aliphatic rings. The van der Waals surface area contributed by atoms with Gasteiger partial charge in [-0.1, -0.05) is 0 Å². The van der Waals surface area contributed by atoms with E-state index in [1.54, 1.807) is 0 Å². The quantitative estimate of drug-likeness (QED) is 0.431. The van der Waals surface area contributed by atoms with Crippen molar-refractivity contribution in [3.8, 4) is 0 Å². The fourth-order valence-electron chi connectivity index (χ4n) is 0.371. The number of hydrogen-bond donors (Lipinski definition) is 2. The number of rotatable bonds is 2. The summed E-state index contributed by atoms with van der Waals surface area (Å²) in [5, 5.41) is 0. The van der Waals surface area contributed by atoms with Gasteiger partial charge in [0.05, 0.1) is 0 Å². The van der Waals surface area contributed by atoms with E-state index < -0.39 is 30.2 Å². The van der Waals surface area contributed by atoms with E-state index in [-0.39, 0.29) is 0 Å². The van der Waals surface area contributed by atoms with Gasteiger partial charge in [0.25, 0.3) is 0 Å². The molecule has 0 fully saturated rings. The first kappa shape index (κ1) is 12.5. The Labute approximate surface area is 80.3 Å². The summed E-state index contributed by atoms with van der Waals surface area (Å²) >= 11 is 0. The van der Waals surface area contributed by atoms with Crippen LogP contribution in [0, 0.1) is 0 Å². The van der Waals surface area contributed by atoms with Crippen molar-refractivity contribution in [2.24, 2.45) is 11.5 Å². The molecule has 7 heteroatoms. The molecule has 0 radical (unpaired) electrons. The minimum atomic E-state index is -1.42. The predicted molar refractivity (Wildman–Crippen MR) is 44.9 cm³/mol. The Morgan fingerprint density at radius 2 is 1.21 bits per heavy atom. The zero-order chi connectivity index (χ0) is 11.3. The van der Waals surface area contributed by atoms with Gasteiger partial charge < -0.3 is 20.9 Å². The van der Waals surface area contributed by atoms with Crippen molar-refractivity contribution in [1.82, 2.24) is 0 Å². The molecule has 80 valence electrons.